The molecule has 1 amide bonds. The Morgan fingerprint density at radius 1 is 1.07 bits per heavy atom. The van der Waals surface area contributed by atoms with E-state index >= 15 is 0 Å². The summed E-state index contributed by atoms with van der Waals surface area (Å²) >= 11 is 3.46. The van der Waals surface area contributed by atoms with Crippen molar-refractivity contribution in [1.29, 1.82) is 0 Å². The van der Waals surface area contributed by atoms with Crippen LogP contribution in [0.4, 0.5) is 5.69 Å². The summed E-state index contributed by atoms with van der Waals surface area (Å²) in [5, 5.41) is 11.1. The minimum absolute atomic E-state index is 0.101. The lowest BCUT2D eigenvalue weighted by atomic mass is 10.1. The molecule has 0 radical (unpaired) electrons. The van der Waals surface area contributed by atoms with Crippen molar-refractivity contribution in [2.75, 3.05) is 5.32 Å². The van der Waals surface area contributed by atoms with Crippen molar-refractivity contribution in [2.45, 2.75) is 13.3 Å². The molecule has 2 heterocycles. The molecule has 0 unspecified atom stereocenters. The quantitative estimate of drug-likeness (QED) is 0.494. The van der Waals surface area contributed by atoms with Gasteiger partial charge in [-0.3, -0.25) is 14.9 Å². The third kappa shape index (κ3) is 3.90. The number of hydrogen-bond acceptors (Lipinski definition) is 3. The van der Waals surface area contributed by atoms with E-state index in [0.717, 1.165) is 43.6 Å². The van der Waals surface area contributed by atoms with Gasteiger partial charge < -0.3 is 5.32 Å². The van der Waals surface area contributed by atoms with Gasteiger partial charge in [0, 0.05) is 27.4 Å². The maximum absolute atomic E-state index is 12.4. The maximum Gasteiger partial charge on any atom is 0.230 e. The Morgan fingerprint density at radius 3 is 2.67 bits per heavy atom. The van der Waals surface area contributed by atoms with E-state index < -0.39 is 0 Å². The monoisotopic (exact) mass is 420 g/mol. The van der Waals surface area contributed by atoms with E-state index in [1.807, 2.05) is 61.5 Å². The van der Waals surface area contributed by atoms with Gasteiger partial charge in [-0.1, -0.05) is 28.1 Å². The van der Waals surface area contributed by atoms with E-state index in [4.69, 9.17) is 0 Å². The zero-order valence-corrected chi connectivity index (χ0v) is 16.2. The smallest absolute Gasteiger partial charge is 0.230 e. The average molecular weight is 421 g/mol. The molecule has 0 fully saturated rings. The molecule has 2 aromatic carbocycles. The first-order chi connectivity index (χ1) is 13.1. The highest BCUT2D eigenvalue weighted by molar-refractivity contribution is 9.10. The van der Waals surface area contributed by atoms with Crippen LogP contribution in [0.15, 0.2) is 65.3 Å². The van der Waals surface area contributed by atoms with Crippen molar-refractivity contribution in [1.82, 2.24) is 15.2 Å². The Bertz CT molecular complexity index is 1120. The number of nitrogens with zero attached hydrogens (tertiary/aromatic N) is 2. The average Bonchev–Trinajstić information content (AvgIpc) is 3.04. The summed E-state index contributed by atoms with van der Waals surface area (Å²) in [6, 6.07) is 17.6. The number of aromatic amines is 1. The standard InChI is InChI=1S/C21H17BrN4O/c1-13-10-15(8-9-23-13)14-2-5-17(6-3-14)24-21(27)12-20-18-11-16(22)4-7-19(18)25-26-20/h2-11H,12H2,1H3,(H,24,27)(H,25,26). The third-order valence-electron chi connectivity index (χ3n) is 4.33. The van der Waals surface area contributed by atoms with E-state index in [-0.39, 0.29) is 12.3 Å². The summed E-state index contributed by atoms with van der Waals surface area (Å²) in [5.74, 6) is -0.101. The van der Waals surface area contributed by atoms with Crippen molar-refractivity contribution in [3.05, 3.63) is 76.7 Å². The van der Waals surface area contributed by atoms with Gasteiger partial charge in [0.2, 0.25) is 5.91 Å². The Labute approximate surface area is 165 Å². The number of nitrogens with one attached hydrogen (secondary N) is 2. The first-order valence-corrected chi connectivity index (χ1v) is 9.33. The summed E-state index contributed by atoms with van der Waals surface area (Å²) in [7, 11) is 0. The lowest BCUT2D eigenvalue weighted by molar-refractivity contribution is -0.115. The van der Waals surface area contributed by atoms with Crippen LogP contribution in [-0.4, -0.2) is 21.1 Å². The summed E-state index contributed by atoms with van der Waals surface area (Å²) in [5.41, 5.74) is 5.57. The molecule has 0 aliphatic carbocycles. The van der Waals surface area contributed by atoms with Gasteiger partial charge in [-0.15, -0.1) is 0 Å². The summed E-state index contributed by atoms with van der Waals surface area (Å²) in [6.07, 6.45) is 2.01. The minimum Gasteiger partial charge on any atom is -0.326 e. The molecule has 6 heteroatoms. The fourth-order valence-corrected chi connectivity index (χ4v) is 3.36. The fourth-order valence-electron chi connectivity index (χ4n) is 3.00. The minimum atomic E-state index is -0.101. The molecule has 27 heavy (non-hydrogen) atoms. The molecule has 0 atom stereocenters. The predicted octanol–water partition coefficient (Wildman–Crippen LogP) is 4.88. The highest BCUT2D eigenvalue weighted by Crippen LogP contribution is 2.23. The van der Waals surface area contributed by atoms with Crippen molar-refractivity contribution in [3.63, 3.8) is 0 Å². The molecular weight excluding hydrogens is 404 g/mol. The summed E-state index contributed by atoms with van der Waals surface area (Å²) in [6.45, 7) is 1.97. The maximum atomic E-state index is 12.4. The number of rotatable bonds is 4. The molecule has 0 aliphatic rings. The van der Waals surface area contributed by atoms with Gasteiger partial charge in [0.1, 0.15) is 0 Å². The van der Waals surface area contributed by atoms with Crippen LogP contribution in [0.1, 0.15) is 11.4 Å². The summed E-state index contributed by atoms with van der Waals surface area (Å²) < 4.78 is 0.958. The van der Waals surface area contributed by atoms with E-state index in [1.165, 1.54) is 0 Å². The van der Waals surface area contributed by atoms with E-state index in [2.05, 4.69) is 36.4 Å². The molecule has 2 N–H and O–H groups in total. The van der Waals surface area contributed by atoms with Gasteiger partial charge in [0.05, 0.1) is 17.6 Å². The SMILES string of the molecule is Cc1cc(-c2ccc(NC(=O)Cc3n[nH]c4ccc(Br)cc34)cc2)ccn1. The van der Waals surface area contributed by atoms with Crippen molar-refractivity contribution in [3.8, 4) is 11.1 Å². The largest absolute Gasteiger partial charge is 0.326 e. The van der Waals surface area contributed by atoms with Crippen LogP contribution in [-0.2, 0) is 11.2 Å². The molecular formula is C21H17BrN4O. The number of carbonyl (C=O) groups is 1. The Balaban J connectivity index is 1.47. The molecule has 0 saturated carbocycles. The van der Waals surface area contributed by atoms with Crippen LogP contribution in [0.25, 0.3) is 22.0 Å². The van der Waals surface area contributed by atoms with Crippen LogP contribution in [0.3, 0.4) is 0 Å². The van der Waals surface area contributed by atoms with Crippen LogP contribution < -0.4 is 5.32 Å². The first-order valence-electron chi connectivity index (χ1n) is 8.54. The molecule has 4 rings (SSSR count). The third-order valence-corrected chi connectivity index (χ3v) is 4.82. The highest BCUT2D eigenvalue weighted by atomic mass is 79.9. The zero-order valence-electron chi connectivity index (χ0n) is 14.7. The molecule has 134 valence electrons. The van der Waals surface area contributed by atoms with Gasteiger partial charge in [0.25, 0.3) is 0 Å². The van der Waals surface area contributed by atoms with Gasteiger partial charge in [0.15, 0.2) is 0 Å². The van der Waals surface area contributed by atoms with Crippen molar-refractivity contribution in [2.24, 2.45) is 0 Å². The van der Waals surface area contributed by atoms with E-state index in [9.17, 15) is 4.79 Å². The highest BCUT2D eigenvalue weighted by Gasteiger charge is 2.11. The number of anilines is 1. The van der Waals surface area contributed by atoms with Crippen LogP contribution in [0.2, 0.25) is 0 Å². The number of aromatic nitrogens is 3. The van der Waals surface area contributed by atoms with Crippen molar-refractivity contribution < 1.29 is 4.79 Å². The molecule has 0 saturated heterocycles. The number of benzene rings is 2. The first kappa shape index (κ1) is 17.4. The number of aryl methyl sites for hydroxylation is 1. The van der Waals surface area contributed by atoms with Crippen LogP contribution in [0.5, 0.6) is 0 Å². The van der Waals surface area contributed by atoms with Gasteiger partial charge in [-0.05, 0) is 60.5 Å². The van der Waals surface area contributed by atoms with Crippen LogP contribution in [0, 0.1) is 6.92 Å². The van der Waals surface area contributed by atoms with Gasteiger partial charge >= 0.3 is 0 Å². The molecule has 4 aromatic rings. The molecule has 0 spiro atoms. The van der Waals surface area contributed by atoms with Gasteiger partial charge in [-0.2, -0.15) is 5.10 Å². The molecule has 2 aromatic heterocycles. The number of amides is 1. The Hall–Kier alpha value is -2.99. The fraction of sp³-hybridized carbons (Fsp3) is 0.0952. The second kappa shape index (κ2) is 7.32. The molecule has 5 nitrogen and oxygen atoms in total. The zero-order chi connectivity index (χ0) is 18.8. The number of carbonyl (C=O) groups excluding carboxylic acids is 1. The number of pyridine rings is 1. The second-order valence-electron chi connectivity index (χ2n) is 6.35. The molecule has 0 bridgehead atoms. The number of H-pyrrole nitrogens is 1. The Kier molecular flexibility index (Phi) is 4.73. The Morgan fingerprint density at radius 2 is 1.89 bits per heavy atom. The van der Waals surface area contributed by atoms with Gasteiger partial charge in [-0.25, -0.2) is 0 Å². The lowest BCUT2D eigenvalue weighted by Crippen LogP contribution is -2.14. The lowest BCUT2D eigenvalue weighted by Gasteiger charge is -2.07. The number of halogens is 1. The predicted molar refractivity (Wildman–Crippen MR) is 111 cm³/mol. The van der Waals surface area contributed by atoms with E-state index in [1.54, 1.807) is 6.20 Å². The van der Waals surface area contributed by atoms with E-state index in [0.29, 0.717) is 0 Å². The van der Waals surface area contributed by atoms with Crippen molar-refractivity contribution >= 4 is 38.4 Å². The normalized spacial score (nSPS) is 10.9. The summed E-state index contributed by atoms with van der Waals surface area (Å²) in [4.78, 5) is 16.6. The number of fused-ring (bicyclic) bond motifs is 1. The second-order valence-corrected chi connectivity index (χ2v) is 7.26. The molecule has 0 aliphatic heterocycles. The van der Waals surface area contributed by atoms with Crippen LogP contribution >= 0.6 is 15.9 Å². The number of hydrogen-bond donors (Lipinski definition) is 2. The topological polar surface area (TPSA) is 70.7 Å².